The molecule has 2 aliphatic rings. The predicted octanol–water partition coefficient (Wildman–Crippen LogP) is 2.33. The fourth-order valence-electron chi connectivity index (χ4n) is 4.47. The molecule has 38 heavy (non-hydrogen) atoms. The Labute approximate surface area is 244 Å². The molecule has 5 rings (SSSR count). The number of carbonyl (C=O) groups excluding carboxylic acids is 1. The Hall–Kier alpha value is -2.31. The summed E-state index contributed by atoms with van der Waals surface area (Å²) in [5.41, 5.74) is 2.90. The number of esters is 1. The Morgan fingerprint density at radius 3 is 2.34 bits per heavy atom. The molecule has 200 valence electrons. The van der Waals surface area contributed by atoms with Gasteiger partial charge in [0.15, 0.2) is 0 Å². The third kappa shape index (κ3) is 7.63. The van der Waals surface area contributed by atoms with Crippen LogP contribution in [-0.2, 0) is 14.4 Å². The molecular weight excluding hydrogens is 704 g/mol. The zero-order valence-electron chi connectivity index (χ0n) is 21.1. The van der Waals surface area contributed by atoms with Gasteiger partial charge < -0.3 is 0 Å². The summed E-state index contributed by atoms with van der Waals surface area (Å²) in [5, 5.41) is 11.3. The molecule has 0 aromatic heterocycles. The summed E-state index contributed by atoms with van der Waals surface area (Å²) in [6, 6.07) is 29.3. The van der Waals surface area contributed by atoms with E-state index < -0.39 is 26.8 Å². The van der Waals surface area contributed by atoms with Crippen LogP contribution in [0, 0.1) is 5.92 Å². The molecule has 2 atom stereocenters. The molecule has 1 fully saturated rings. The van der Waals surface area contributed by atoms with Crippen molar-refractivity contribution in [2.24, 2.45) is 11.1 Å². The van der Waals surface area contributed by atoms with Crippen molar-refractivity contribution < 1.29 is 35.6 Å². The summed E-state index contributed by atoms with van der Waals surface area (Å²) in [5.74, 6) is 0.150. The van der Waals surface area contributed by atoms with Crippen molar-refractivity contribution in [3.8, 4) is 0 Å². The standard InChI is InChI=1S/C30H32I2N3O3/c36-30(28(23-10-4-1-5-11-23)34-25-14-8-3-9-15-25)37-26(22-16-18-31-19-17-22)20-33-21-27-32-29(38-35-27)24-12-6-2-7-13-24/h1-15,22,26,28,33-34H,16-21H2/q-1. The van der Waals surface area contributed by atoms with Crippen LogP contribution in [0.1, 0.15) is 30.0 Å². The van der Waals surface area contributed by atoms with Crippen molar-refractivity contribution >= 4 is 39.8 Å². The molecule has 2 N–H and O–H groups in total. The van der Waals surface area contributed by atoms with Crippen LogP contribution in [0.3, 0.4) is 0 Å². The fraction of sp³-hybridized carbons (Fsp3) is 0.300. The van der Waals surface area contributed by atoms with Gasteiger partial charge in [0.1, 0.15) is 0 Å². The average Bonchev–Trinajstić information content (AvgIpc) is 3.46. The van der Waals surface area contributed by atoms with E-state index in [-0.39, 0.29) is 12.1 Å². The van der Waals surface area contributed by atoms with Gasteiger partial charge in [0.2, 0.25) is 0 Å². The zero-order chi connectivity index (χ0) is 26.0. The van der Waals surface area contributed by atoms with Crippen molar-refractivity contribution in [3.05, 3.63) is 102 Å². The number of rotatable bonds is 11. The molecule has 6 nitrogen and oxygen atoms in total. The number of ether oxygens (including phenoxy) is 1. The van der Waals surface area contributed by atoms with Crippen LogP contribution in [0.4, 0.5) is 5.69 Å². The molecule has 8 heteroatoms. The van der Waals surface area contributed by atoms with Gasteiger partial charge in [0.25, 0.3) is 0 Å². The normalized spacial score (nSPS) is 17.5. The molecule has 3 aromatic carbocycles. The maximum atomic E-state index is 13.7. The molecule has 0 amide bonds. The number of anilines is 1. The molecule has 0 bridgehead atoms. The summed E-state index contributed by atoms with van der Waals surface area (Å²) >= 11 is -0.134. The number of oxime groups is 1. The van der Waals surface area contributed by atoms with Gasteiger partial charge in [-0.25, -0.2) is 0 Å². The van der Waals surface area contributed by atoms with Crippen LogP contribution in [0.25, 0.3) is 0 Å². The van der Waals surface area contributed by atoms with Crippen LogP contribution < -0.4 is 31.8 Å². The molecule has 0 saturated carbocycles. The second-order valence-electron chi connectivity index (χ2n) is 9.16. The zero-order valence-corrected chi connectivity index (χ0v) is 25.4. The van der Waals surface area contributed by atoms with Gasteiger partial charge in [0.05, 0.1) is 0 Å². The molecule has 2 unspecified atom stereocenters. The fourth-order valence-corrected chi connectivity index (χ4v) is 9.59. The van der Waals surface area contributed by atoms with Crippen LogP contribution in [-0.4, -0.2) is 41.4 Å². The summed E-state index contributed by atoms with van der Waals surface area (Å²) in [4.78, 5) is 19.3. The molecule has 0 radical (unpaired) electrons. The van der Waals surface area contributed by atoms with Gasteiger partial charge in [-0.3, -0.25) is 0 Å². The van der Waals surface area contributed by atoms with Gasteiger partial charge >= 0.3 is 228 Å². The van der Waals surface area contributed by atoms with E-state index in [4.69, 9.17) is 9.57 Å². The molecule has 3 aromatic rings. The average molecular weight is 736 g/mol. The number of nitrogens with zero attached hydrogens (tertiary/aromatic N) is 1. The van der Waals surface area contributed by atoms with Crippen LogP contribution in [0.15, 0.2) is 96.2 Å². The SMILES string of the molecule is O=C(OC(CNCC1=NOC(c2ccccc2)=I1)C1CC[I-]CC1)C(Nc1ccccc1)c1ccccc1. The second-order valence-corrected chi connectivity index (χ2v) is 15.2. The van der Waals surface area contributed by atoms with Gasteiger partial charge in [-0.05, 0) is 0 Å². The van der Waals surface area contributed by atoms with Gasteiger partial charge in [-0.15, -0.1) is 0 Å². The van der Waals surface area contributed by atoms with Crippen LogP contribution >= 0.6 is 20.7 Å². The molecule has 2 aliphatic heterocycles. The van der Waals surface area contributed by atoms with Crippen LogP contribution in [0.2, 0.25) is 0 Å². The first kappa shape index (κ1) is 27.3. The number of nitrogens with one attached hydrogen (secondary N) is 2. The quantitative estimate of drug-likeness (QED) is 0.180. The van der Waals surface area contributed by atoms with Gasteiger partial charge in [-0.2, -0.15) is 0 Å². The monoisotopic (exact) mass is 736 g/mol. The molecule has 0 spiro atoms. The van der Waals surface area contributed by atoms with Crippen molar-refractivity contribution in [1.29, 1.82) is 0 Å². The number of benzene rings is 3. The summed E-state index contributed by atoms with van der Waals surface area (Å²) in [6.07, 6.45) is 2.10. The van der Waals surface area contributed by atoms with Gasteiger partial charge in [-0.1, -0.05) is 18.2 Å². The minimum atomic E-state index is -0.571. The first-order valence-corrected chi connectivity index (χ1v) is 18.1. The number of carbonyl (C=O) groups is 1. The first-order valence-electron chi connectivity index (χ1n) is 12.9. The number of para-hydroxylation sites is 1. The van der Waals surface area contributed by atoms with Gasteiger partial charge in [0, 0.05) is 0 Å². The Morgan fingerprint density at radius 2 is 1.63 bits per heavy atom. The number of hydrogen-bond acceptors (Lipinski definition) is 6. The number of hydrogen-bond donors (Lipinski definition) is 2. The minimum absolute atomic E-state index is 0.172. The van der Waals surface area contributed by atoms with E-state index in [1.165, 1.54) is 8.86 Å². The molecular formula is C30H32I2N3O3-. The Morgan fingerprint density at radius 1 is 0.974 bits per heavy atom. The van der Waals surface area contributed by atoms with E-state index in [1.54, 1.807) is 0 Å². The van der Waals surface area contributed by atoms with Crippen molar-refractivity contribution in [1.82, 2.24) is 5.32 Å². The molecule has 1 saturated heterocycles. The summed E-state index contributed by atoms with van der Waals surface area (Å²) in [7, 11) is 0. The number of halogens is 2. The van der Waals surface area contributed by atoms with Crippen molar-refractivity contribution in [3.63, 3.8) is 0 Å². The second kappa shape index (κ2) is 14.2. The Balaban J connectivity index is 1.25. The predicted molar refractivity (Wildman–Crippen MR) is 158 cm³/mol. The maximum absolute atomic E-state index is 13.7. The van der Waals surface area contributed by atoms with E-state index in [2.05, 4.69) is 27.9 Å². The van der Waals surface area contributed by atoms with E-state index in [1.807, 2.05) is 78.9 Å². The molecule has 0 aliphatic carbocycles. The molecule has 2 heterocycles. The first-order chi connectivity index (χ1) is 18.8. The summed E-state index contributed by atoms with van der Waals surface area (Å²) in [6.45, 7) is 1.27. The van der Waals surface area contributed by atoms with E-state index in [9.17, 15) is 4.79 Å². The number of alkyl halides is 2. The van der Waals surface area contributed by atoms with Crippen molar-refractivity contribution in [2.75, 3.05) is 27.3 Å². The van der Waals surface area contributed by atoms with E-state index >= 15 is 0 Å². The van der Waals surface area contributed by atoms with Crippen molar-refractivity contribution in [2.45, 2.75) is 25.0 Å². The third-order valence-electron chi connectivity index (χ3n) is 6.51. The van der Waals surface area contributed by atoms with E-state index in [0.29, 0.717) is 40.2 Å². The Kier molecular flexibility index (Phi) is 10.2. The topological polar surface area (TPSA) is 72.0 Å². The Bertz CT molecular complexity index is 1230. The van der Waals surface area contributed by atoms with E-state index in [0.717, 1.165) is 37.1 Å². The third-order valence-corrected chi connectivity index (χ3v) is 11.8. The summed E-state index contributed by atoms with van der Waals surface area (Å²) < 4.78 is 11.0. The van der Waals surface area contributed by atoms with Crippen LogP contribution in [0.5, 0.6) is 0 Å².